The van der Waals surface area contributed by atoms with E-state index in [1.807, 2.05) is 12.1 Å². The van der Waals surface area contributed by atoms with E-state index >= 15 is 0 Å². The third-order valence-electron chi connectivity index (χ3n) is 4.97. The van der Waals surface area contributed by atoms with Crippen molar-refractivity contribution < 1.29 is 13.9 Å². The van der Waals surface area contributed by atoms with Crippen molar-refractivity contribution >= 4 is 23.0 Å². The quantitative estimate of drug-likeness (QED) is 0.769. The molecule has 1 unspecified atom stereocenters. The average molecular weight is 351 g/mol. The molecule has 1 fully saturated rings. The molecular formula is C18H17ClF2N2O. The Morgan fingerprint density at radius 3 is 2.08 bits per heavy atom. The van der Waals surface area contributed by atoms with Crippen LogP contribution in [0.4, 0.5) is 20.2 Å². The van der Waals surface area contributed by atoms with E-state index < -0.39 is 17.3 Å². The van der Waals surface area contributed by atoms with Crippen molar-refractivity contribution in [2.75, 3.05) is 17.2 Å². The Morgan fingerprint density at radius 2 is 1.62 bits per heavy atom. The molecule has 126 valence electrons. The second-order valence-corrected chi connectivity index (χ2v) is 6.94. The van der Waals surface area contributed by atoms with Crippen molar-refractivity contribution in [2.24, 2.45) is 11.8 Å². The molecule has 3 N–H and O–H groups in total. The Hall–Kier alpha value is -1.85. The number of aliphatic hydroxyl groups is 1. The van der Waals surface area contributed by atoms with Crippen LogP contribution < -0.4 is 10.6 Å². The van der Waals surface area contributed by atoms with Crippen molar-refractivity contribution in [3.05, 3.63) is 58.6 Å². The fourth-order valence-corrected chi connectivity index (χ4v) is 3.73. The Morgan fingerprint density at radius 1 is 1.08 bits per heavy atom. The van der Waals surface area contributed by atoms with Gasteiger partial charge in [-0.2, -0.15) is 0 Å². The van der Waals surface area contributed by atoms with Crippen LogP contribution in [0.5, 0.6) is 0 Å². The maximum Gasteiger partial charge on any atom is 0.161 e. The summed E-state index contributed by atoms with van der Waals surface area (Å²) >= 11 is 5.99. The van der Waals surface area contributed by atoms with Gasteiger partial charge in [-0.25, -0.2) is 8.78 Å². The number of aliphatic hydroxyl groups excluding tert-OH is 1. The predicted molar refractivity (Wildman–Crippen MR) is 90.0 cm³/mol. The minimum atomic E-state index is -0.901. The molecule has 24 heavy (non-hydrogen) atoms. The van der Waals surface area contributed by atoms with Crippen LogP contribution in [0.15, 0.2) is 36.4 Å². The molecule has 0 bridgehead atoms. The van der Waals surface area contributed by atoms with Gasteiger partial charge in [-0.1, -0.05) is 23.7 Å². The molecule has 2 aliphatic rings. The summed E-state index contributed by atoms with van der Waals surface area (Å²) in [5, 5.41) is 17.2. The van der Waals surface area contributed by atoms with Crippen LogP contribution in [-0.4, -0.2) is 11.7 Å². The third-order valence-corrected chi connectivity index (χ3v) is 5.22. The molecule has 0 amide bonds. The zero-order valence-electron chi connectivity index (χ0n) is 12.8. The Kier molecular flexibility index (Phi) is 3.66. The van der Waals surface area contributed by atoms with Crippen molar-refractivity contribution in [1.82, 2.24) is 0 Å². The van der Waals surface area contributed by atoms with Gasteiger partial charge in [0.2, 0.25) is 0 Å². The van der Waals surface area contributed by atoms with Gasteiger partial charge in [0, 0.05) is 23.1 Å². The van der Waals surface area contributed by atoms with Gasteiger partial charge in [0.15, 0.2) is 11.6 Å². The molecular weight excluding hydrogens is 334 g/mol. The first-order valence-electron chi connectivity index (χ1n) is 7.96. The van der Waals surface area contributed by atoms with Gasteiger partial charge in [-0.3, -0.25) is 0 Å². The molecule has 2 aromatic carbocycles. The van der Waals surface area contributed by atoms with E-state index in [9.17, 15) is 13.9 Å². The first-order chi connectivity index (χ1) is 11.5. The van der Waals surface area contributed by atoms with Crippen LogP contribution >= 0.6 is 11.6 Å². The molecule has 0 radical (unpaired) electrons. The van der Waals surface area contributed by atoms with E-state index in [0.29, 0.717) is 22.3 Å². The number of fused-ring (bicyclic) bond motifs is 1. The number of benzene rings is 2. The molecule has 4 rings (SSSR count). The molecule has 1 heterocycles. The van der Waals surface area contributed by atoms with Gasteiger partial charge in [0.25, 0.3) is 0 Å². The largest absolute Gasteiger partial charge is 0.396 e. The van der Waals surface area contributed by atoms with Gasteiger partial charge in [0.1, 0.15) is 5.66 Å². The van der Waals surface area contributed by atoms with Crippen LogP contribution in [0.2, 0.25) is 5.02 Å². The van der Waals surface area contributed by atoms with Crippen LogP contribution in [0.3, 0.4) is 0 Å². The molecule has 2 aromatic rings. The van der Waals surface area contributed by atoms with Crippen LogP contribution in [0.25, 0.3) is 0 Å². The molecule has 0 spiro atoms. The van der Waals surface area contributed by atoms with Crippen molar-refractivity contribution in [2.45, 2.75) is 18.5 Å². The molecule has 1 aliphatic carbocycles. The van der Waals surface area contributed by atoms with Gasteiger partial charge in [-0.05, 0) is 36.5 Å². The second kappa shape index (κ2) is 5.60. The minimum absolute atomic E-state index is 0.0355. The third kappa shape index (κ3) is 2.43. The molecule has 1 atom stereocenters. The topological polar surface area (TPSA) is 44.3 Å². The summed E-state index contributed by atoms with van der Waals surface area (Å²) in [7, 11) is 0. The zero-order chi connectivity index (χ0) is 16.9. The standard InChI is InChI=1S/C18H17ClF2N2O/c19-12-5-3-11(4-6-12)18(13(9-24)10-1-2-10)22-16-7-14(20)15(21)8-17(16)23-18/h3-8,10,13,22-24H,1-2,9H2. The molecule has 1 saturated carbocycles. The first kappa shape index (κ1) is 15.7. The molecule has 6 heteroatoms. The predicted octanol–water partition coefficient (Wildman–Crippen LogP) is 4.33. The van der Waals surface area contributed by atoms with Gasteiger partial charge in [0.05, 0.1) is 18.0 Å². The van der Waals surface area contributed by atoms with E-state index in [0.717, 1.165) is 30.5 Å². The van der Waals surface area contributed by atoms with E-state index in [-0.39, 0.29) is 12.5 Å². The SMILES string of the molecule is OCC(C1CC1)C1(c2ccc(Cl)cc2)Nc2cc(F)c(F)cc2N1. The lowest BCUT2D eigenvalue weighted by molar-refractivity contribution is 0.159. The molecule has 0 aromatic heterocycles. The maximum atomic E-state index is 13.6. The summed E-state index contributed by atoms with van der Waals surface area (Å²) in [5.74, 6) is -1.57. The highest BCUT2D eigenvalue weighted by Crippen LogP contribution is 2.51. The van der Waals surface area contributed by atoms with Gasteiger partial charge in [-0.15, -0.1) is 0 Å². The molecule has 0 saturated heterocycles. The van der Waals surface area contributed by atoms with E-state index in [4.69, 9.17) is 11.6 Å². The van der Waals surface area contributed by atoms with Gasteiger partial charge < -0.3 is 15.7 Å². The minimum Gasteiger partial charge on any atom is -0.396 e. The Labute approximate surface area is 143 Å². The monoisotopic (exact) mass is 350 g/mol. The summed E-state index contributed by atoms with van der Waals surface area (Å²) < 4.78 is 27.3. The number of rotatable bonds is 4. The summed E-state index contributed by atoms with van der Waals surface area (Å²) in [5.41, 5.74) is 1.03. The van der Waals surface area contributed by atoms with E-state index in [1.165, 1.54) is 0 Å². The molecule has 1 aliphatic heterocycles. The second-order valence-electron chi connectivity index (χ2n) is 6.50. The van der Waals surface area contributed by atoms with Crippen molar-refractivity contribution in [1.29, 1.82) is 0 Å². The van der Waals surface area contributed by atoms with Crippen molar-refractivity contribution in [3.63, 3.8) is 0 Å². The van der Waals surface area contributed by atoms with Gasteiger partial charge >= 0.3 is 0 Å². The fraction of sp³-hybridized carbons (Fsp3) is 0.333. The van der Waals surface area contributed by atoms with Crippen LogP contribution in [0, 0.1) is 23.5 Å². The Balaban J connectivity index is 1.82. The van der Waals surface area contributed by atoms with E-state index in [2.05, 4.69) is 10.6 Å². The number of anilines is 2. The zero-order valence-corrected chi connectivity index (χ0v) is 13.6. The summed E-state index contributed by atoms with van der Waals surface area (Å²) in [6.45, 7) is -0.0355. The number of nitrogens with one attached hydrogen (secondary N) is 2. The maximum absolute atomic E-state index is 13.6. The van der Waals surface area contributed by atoms with Crippen LogP contribution in [-0.2, 0) is 5.66 Å². The number of hydrogen-bond donors (Lipinski definition) is 3. The summed E-state index contributed by atoms with van der Waals surface area (Å²) in [4.78, 5) is 0. The highest BCUT2D eigenvalue weighted by Gasteiger charge is 2.50. The lowest BCUT2D eigenvalue weighted by Gasteiger charge is -2.38. The number of hydrogen-bond acceptors (Lipinski definition) is 3. The Bertz CT molecular complexity index is 746. The lowest BCUT2D eigenvalue weighted by Crippen LogP contribution is -2.48. The summed E-state index contributed by atoms with van der Waals surface area (Å²) in [6.07, 6.45) is 2.06. The smallest absolute Gasteiger partial charge is 0.161 e. The van der Waals surface area contributed by atoms with Crippen LogP contribution in [0.1, 0.15) is 18.4 Å². The average Bonchev–Trinajstić information content (AvgIpc) is 3.31. The molecule has 3 nitrogen and oxygen atoms in total. The highest BCUT2D eigenvalue weighted by molar-refractivity contribution is 6.30. The first-order valence-corrected chi connectivity index (χ1v) is 8.33. The lowest BCUT2D eigenvalue weighted by atomic mass is 9.83. The summed E-state index contributed by atoms with van der Waals surface area (Å²) in [6, 6.07) is 9.58. The van der Waals surface area contributed by atoms with Crippen molar-refractivity contribution in [3.8, 4) is 0 Å². The highest BCUT2D eigenvalue weighted by atomic mass is 35.5. The fourth-order valence-electron chi connectivity index (χ4n) is 3.60. The number of halogens is 3. The normalized spacial score (nSPS) is 19.3. The van der Waals surface area contributed by atoms with E-state index in [1.54, 1.807) is 12.1 Å².